The summed E-state index contributed by atoms with van der Waals surface area (Å²) in [5, 5.41) is 0. The maximum absolute atomic E-state index is 5.21. The van der Waals surface area contributed by atoms with Gasteiger partial charge in [-0.3, -0.25) is 0 Å². The zero-order valence-electron chi connectivity index (χ0n) is 17.5. The molecule has 0 atom stereocenters. The third-order valence-electron chi connectivity index (χ3n) is 5.56. The highest BCUT2D eigenvalue weighted by molar-refractivity contribution is 5.94. The van der Waals surface area contributed by atoms with E-state index in [1.807, 2.05) is 6.07 Å². The molecule has 0 bridgehead atoms. The lowest BCUT2D eigenvalue weighted by atomic mass is 9.89. The molecule has 0 aliphatic rings. The standard InChI is InChI=1S/C30H23N/c1-22-17-19-26(20-18-22)30-29(25-15-9-4-10-16-25)27(23-11-5-2-6-12-23)21-28(31-30)24-13-7-3-8-14-24/h2-21H,1H3. The molecule has 1 aromatic heterocycles. The number of rotatable bonds is 4. The maximum atomic E-state index is 5.21. The van der Waals surface area contributed by atoms with Crippen molar-refractivity contribution in [1.82, 2.24) is 4.98 Å². The zero-order valence-corrected chi connectivity index (χ0v) is 17.5. The molecule has 1 nitrogen and oxygen atoms in total. The number of aromatic nitrogens is 1. The summed E-state index contributed by atoms with van der Waals surface area (Å²) < 4.78 is 0. The second kappa shape index (κ2) is 8.41. The van der Waals surface area contributed by atoms with Crippen LogP contribution in [0, 0.1) is 6.92 Å². The van der Waals surface area contributed by atoms with E-state index in [-0.39, 0.29) is 0 Å². The Bertz CT molecular complexity index is 1290. The number of pyridine rings is 1. The Hall–Kier alpha value is -3.97. The molecular weight excluding hydrogens is 374 g/mol. The summed E-state index contributed by atoms with van der Waals surface area (Å²) in [4.78, 5) is 5.21. The molecule has 0 radical (unpaired) electrons. The number of nitrogens with zero attached hydrogens (tertiary/aromatic N) is 1. The maximum Gasteiger partial charge on any atom is 0.0794 e. The lowest BCUT2D eigenvalue weighted by Crippen LogP contribution is -1.97. The molecule has 0 saturated carbocycles. The van der Waals surface area contributed by atoms with Crippen LogP contribution in [0.3, 0.4) is 0 Å². The molecule has 0 saturated heterocycles. The third kappa shape index (κ3) is 3.91. The molecule has 4 aromatic carbocycles. The van der Waals surface area contributed by atoms with E-state index >= 15 is 0 Å². The number of hydrogen-bond donors (Lipinski definition) is 0. The van der Waals surface area contributed by atoms with Crippen molar-refractivity contribution in [2.24, 2.45) is 0 Å². The molecule has 1 heteroatoms. The van der Waals surface area contributed by atoms with Gasteiger partial charge in [0.15, 0.2) is 0 Å². The molecule has 0 fully saturated rings. The molecule has 1 heterocycles. The Morgan fingerprint density at radius 3 is 1.58 bits per heavy atom. The number of benzene rings is 4. The van der Waals surface area contributed by atoms with Crippen molar-refractivity contribution < 1.29 is 0 Å². The van der Waals surface area contributed by atoms with Gasteiger partial charge < -0.3 is 0 Å². The smallest absolute Gasteiger partial charge is 0.0794 e. The van der Waals surface area contributed by atoms with Crippen molar-refractivity contribution in [1.29, 1.82) is 0 Å². The molecule has 0 aliphatic carbocycles. The summed E-state index contributed by atoms with van der Waals surface area (Å²) in [6.07, 6.45) is 0. The van der Waals surface area contributed by atoms with Gasteiger partial charge in [-0.05, 0) is 29.7 Å². The normalized spacial score (nSPS) is 10.7. The van der Waals surface area contributed by atoms with Gasteiger partial charge in [-0.2, -0.15) is 0 Å². The average molecular weight is 398 g/mol. The second-order valence-electron chi connectivity index (χ2n) is 7.74. The van der Waals surface area contributed by atoms with Crippen LogP contribution in [0.1, 0.15) is 5.56 Å². The van der Waals surface area contributed by atoms with Gasteiger partial charge in [-0.15, -0.1) is 0 Å². The highest BCUT2D eigenvalue weighted by atomic mass is 14.7. The molecule has 0 aliphatic heterocycles. The molecular formula is C30H23N. The van der Waals surface area contributed by atoms with Crippen LogP contribution in [0.5, 0.6) is 0 Å². The van der Waals surface area contributed by atoms with Gasteiger partial charge in [0.1, 0.15) is 0 Å². The van der Waals surface area contributed by atoms with Crippen molar-refractivity contribution in [2.45, 2.75) is 6.92 Å². The Labute approximate surface area is 183 Å². The zero-order chi connectivity index (χ0) is 21.0. The molecule has 31 heavy (non-hydrogen) atoms. The SMILES string of the molecule is Cc1ccc(-c2nc(-c3ccccc3)cc(-c3ccccc3)c2-c2ccccc2)cc1. The van der Waals surface area contributed by atoms with Crippen molar-refractivity contribution >= 4 is 0 Å². The first-order valence-corrected chi connectivity index (χ1v) is 10.6. The monoisotopic (exact) mass is 397 g/mol. The summed E-state index contributed by atoms with van der Waals surface area (Å²) in [5.74, 6) is 0. The first kappa shape index (κ1) is 19.0. The Kier molecular flexibility index (Phi) is 5.16. The summed E-state index contributed by atoms with van der Waals surface area (Å²) in [6, 6.07) is 42.5. The lowest BCUT2D eigenvalue weighted by Gasteiger charge is -2.18. The van der Waals surface area contributed by atoms with Gasteiger partial charge >= 0.3 is 0 Å². The summed E-state index contributed by atoms with van der Waals surface area (Å²) in [5.41, 5.74) is 10.2. The predicted octanol–water partition coefficient (Wildman–Crippen LogP) is 8.06. The van der Waals surface area contributed by atoms with E-state index in [0.29, 0.717) is 0 Å². The van der Waals surface area contributed by atoms with Crippen LogP contribution < -0.4 is 0 Å². The van der Waals surface area contributed by atoms with Crippen LogP contribution in [0.25, 0.3) is 44.8 Å². The van der Waals surface area contributed by atoms with Crippen molar-refractivity contribution in [2.75, 3.05) is 0 Å². The Morgan fingerprint density at radius 2 is 1.00 bits per heavy atom. The van der Waals surface area contributed by atoms with Gasteiger partial charge in [0.05, 0.1) is 11.4 Å². The fraction of sp³-hybridized carbons (Fsp3) is 0.0333. The van der Waals surface area contributed by atoms with Gasteiger partial charge in [-0.25, -0.2) is 4.98 Å². The van der Waals surface area contributed by atoms with Crippen LogP contribution in [0.4, 0.5) is 0 Å². The van der Waals surface area contributed by atoms with E-state index in [4.69, 9.17) is 4.98 Å². The van der Waals surface area contributed by atoms with Crippen molar-refractivity contribution in [3.63, 3.8) is 0 Å². The van der Waals surface area contributed by atoms with Gasteiger partial charge in [-0.1, -0.05) is 121 Å². The topological polar surface area (TPSA) is 12.9 Å². The highest BCUT2D eigenvalue weighted by Gasteiger charge is 2.18. The summed E-state index contributed by atoms with van der Waals surface area (Å²) >= 11 is 0. The molecule has 5 aromatic rings. The minimum absolute atomic E-state index is 0.981. The number of hydrogen-bond acceptors (Lipinski definition) is 1. The van der Waals surface area contributed by atoms with Crippen molar-refractivity contribution in [3.8, 4) is 44.8 Å². The van der Waals surface area contributed by atoms with E-state index in [2.05, 4.69) is 122 Å². The summed E-state index contributed by atoms with van der Waals surface area (Å²) in [7, 11) is 0. The molecule has 148 valence electrons. The molecule has 5 rings (SSSR count). The first-order valence-electron chi connectivity index (χ1n) is 10.6. The van der Waals surface area contributed by atoms with Crippen LogP contribution >= 0.6 is 0 Å². The number of aryl methyl sites for hydroxylation is 1. The largest absolute Gasteiger partial charge is 0.247 e. The Balaban J connectivity index is 1.87. The second-order valence-corrected chi connectivity index (χ2v) is 7.74. The van der Waals surface area contributed by atoms with Crippen LogP contribution in [0.15, 0.2) is 121 Å². The summed E-state index contributed by atoms with van der Waals surface area (Å²) in [6.45, 7) is 2.12. The van der Waals surface area contributed by atoms with Crippen LogP contribution in [-0.2, 0) is 0 Å². The van der Waals surface area contributed by atoms with E-state index in [0.717, 1.165) is 28.1 Å². The highest BCUT2D eigenvalue weighted by Crippen LogP contribution is 2.41. The fourth-order valence-electron chi connectivity index (χ4n) is 3.96. The molecule has 0 spiro atoms. The van der Waals surface area contributed by atoms with Gasteiger partial charge in [0.25, 0.3) is 0 Å². The molecule has 0 unspecified atom stereocenters. The van der Waals surface area contributed by atoms with Crippen molar-refractivity contribution in [3.05, 3.63) is 127 Å². The fourth-order valence-corrected chi connectivity index (χ4v) is 3.96. The van der Waals surface area contributed by atoms with E-state index in [1.165, 1.54) is 22.3 Å². The Morgan fingerprint density at radius 1 is 0.484 bits per heavy atom. The molecule has 0 N–H and O–H groups in total. The van der Waals surface area contributed by atoms with Crippen LogP contribution in [0.2, 0.25) is 0 Å². The van der Waals surface area contributed by atoms with E-state index in [1.54, 1.807) is 0 Å². The lowest BCUT2D eigenvalue weighted by molar-refractivity contribution is 1.32. The van der Waals surface area contributed by atoms with Gasteiger partial charge in [0, 0.05) is 16.7 Å². The average Bonchev–Trinajstić information content (AvgIpc) is 2.85. The van der Waals surface area contributed by atoms with E-state index in [9.17, 15) is 0 Å². The quantitative estimate of drug-likeness (QED) is 0.299. The van der Waals surface area contributed by atoms with Crippen LogP contribution in [-0.4, -0.2) is 4.98 Å². The van der Waals surface area contributed by atoms with Gasteiger partial charge in [0.2, 0.25) is 0 Å². The minimum atomic E-state index is 0.981. The predicted molar refractivity (Wildman–Crippen MR) is 131 cm³/mol. The third-order valence-corrected chi connectivity index (χ3v) is 5.56. The minimum Gasteiger partial charge on any atom is -0.247 e. The van der Waals surface area contributed by atoms with E-state index < -0.39 is 0 Å². The first-order chi connectivity index (χ1) is 15.3. The molecule has 0 amide bonds.